The predicted octanol–water partition coefficient (Wildman–Crippen LogP) is 7.99. The van der Waals surface area contributed by atoms with Crippen molar-refractivity contribution in [3.05, 3.63) is 58.7 Å². The molecule has 0 heterocycles. The minimum Gasteiger partial charge on any atom is -0.255 e. The molecule has 0 unspecified atom stereocenters. The molecule has 0 spiro atoms. The van der Waals surface area contributed by atoms with E-state index in [1.54, 1.807) is 0 Å². The third kappa shape index (κ3) is 8.67. The number of unbranched alkanes of at least 4 members (excludes halogenated alkanes) is 2. The van der Waals surface area contributed by atoms with Crippen molar-refractivity contribution in [3.63, 3.8) is 0 Å². The molecule has 0 aliphatic rings. The Kier molecular flexibility index (Phi) is 12.8. The Bertz CT molecular complexity index is 792. The average Bonchev–Trinajstić information content (AvgIpc) is 2.76. The Hall–Kier alpha value is -1.56. The summed E-state index contributed by atoms with van der Waals surface area (Å²) < 4.78 is 0. The van der Waals surface area contributed by atoms with E-state index in [-0.39, 0.29) is 20.4 Å². The van der Waals surface area contributed by atoms with Gasteiger partial charge in [0, 0.05) is 26.6 Å². The van der Waals surface area contributed by atoms with Crippen LogP contribution in [0.15, 0.2) is 46.4 Å². The SMILES string of the molecule is CCCCCC(/C=N/c1cc(CC)cc(CC)c1)=N\c1cc(CC)cc(CC)c1.[Pd]. The fourth-order valence-electron chi connectivity index (χ4n) is 3.46. The van der Waals surface area contributed by atoms with Crippen molar-refractivity contribution >= 4 is 23.3 Å². The summed E-state index contributed by atoms with van der Waals surface area (Å²) in [5.41, 5.74) is 8.60. The van der Waals surface area contributed by atoms with Crippen LogP contribution in [-0.2, 0) is 46.1 Å². The van der Waals surface area contributed by atoms with E-state index in [1.807, 2.05) is 6.21 Å². The van der Waals surface area contributed by atoms with Crippen LogP contribution < -0.4 is 0 Å². The monoisotopic (exact) mass is 496 g/mol. The summed E-state index contributed by atoms with van der Waals surface area (Å²) in [6, 6.07) is 13.4. The zero-order chi connectivity index (χ0) is 21.1. The van der Waals surface area contributed by atoms with Gasteiger partial charge in [0.05, 0.1) is 17.1 Å². The van der Waals surface area contributed by atoms with Gasteiger partial charge in [-0.15, -0.1) is 0 Å². The summed E-state index contributed by atoms with van der Waals surface area (Å²) in [5.74, 6) is 0. The molecule has 0 aliphatic carbocycles. The molecule has 0 bridgehead atoms. The molecular weight excluding hydrogens is 459 g/mol. The van der Waals surface area contributed by atoms with Crippen LogP contribution in [0.3, 0.4) is 0 Å². The van der Waals surface area contributed by atoms with Crippen LogP contribution in [-0.4, -0.2) is 11.9 Å². The number of hydrogen-bond acceptors (Lipinski definition) is 2. The number of rotatable bonds is 11. The van der Waals surface area contributed by atoms with E-state index in [4.69, 9.17) is 9.98 Å². The van der Waals surface area contributed by atoms with Crippen LogP contribution in [0.4, 0.5) is 11.4 Å². The molecule has 0 aliphatic heterocycles. The van der Waals surface area contributed by atoms with E-state index in [0.717, 1.165) is 55.6 Å². The number of aliphatic imine (C=N–C) groups is 2. The van der Waals surface area contributed by atoms with Crippen LogP contribution >= 0.6 is 0 Å². The van der Waals surface area contributed by atoms with Gasteiger partial charge in [-0.05, 0) is 85.0 Å². The summed E-state index contributed by atoms with van der Waals surface area (Å²) in [7, 11) is 0. The fourth-order valence-corrected chi connectivity index (χ4v) is 3.46. The van der Waals surface area contributed by atoms with Gasteiger partial charge in [0.1, 0.15) is 0 Å². The zero-order valence-electron chi connectivity index (χ0n) is 19.4. The quantitative estimate of drug-likeness (QED) is 0.171. The van der Waals surface area contributed by atoms with Gasteiger partial charge < -0.3 is 0 Å². The second-order valence-corrected chi connectivity index (χ2v) is 7.75. The van der Waals surface area contributed by atoms with Gasteiger partial charge in [-0.2, -0.15) is 0 Å². The summed E-state index contributed by atoms with van der Waals surface area (Å²) in [4.78, 5) is 9.84. The van der Waals surface area contributed by atoms with Crippen molar-refractivity contribution < 1.29 is 20.4 Å². The smallest absolute Gasteiger partial charge is 0.0639 e. The molecule has 0 saturated carbocycles. The third-order valence-corrected chi connectivity index (χ3v) is 5.38. The van der Waals surface area contributed by atoms with E-state index in [0.29, 0.717) is 0 Å². The Balaban J connectivity index is 0.00000450. The summed E-state index contributed by atoms with van der Waals surface area (Å²) in [6.45, 7) is 11.1. The number of nitrogens with zero attached hydrogens (tertiary/aromatic N) is 2. The molecule has 2 nitrogen and oxygen atoms in total. The van der Waals surface area contributed by atoms with Crippen LogP contribution in [0.5, 0.6) is 0 Å². The second-order valence-electron chi connectivity index (χ2n) is 7.75. The molecule has 0 amide bonds. The Morgan fingerprint density at radius 2 is 1.13 bits per heavy atom. The summed E-state index contributed by atoms with van der Waals surface area (Å²) >= 11 is 0. The van der Waals surface area contributed by atoms with E-state index in [2.05, 4.69) is 71.0 Å². The Morgan fingerprint density at radius 1 is 0.667 bits per heavy atom. The molecule has 0 fully saturated rings. The minimum atomic E-state index is 0. The van der Waals surface area contributed by atoms with Crippen molar-refractivity contribution in [2.24, 2.45) is 9.98 Å². The Morgan fingerprint density at radius 3 is 1.57 bits per heavy atom. The first-order valence-electron chi connectivity index (χ1n) is 11.5. The van der Waals surface area contributed by atoms with E-state index >= 15 is 0 Å². The van der Waals surface area contributed by atoms with Gasteiger partial charge in [0.25, 0.3) is 0 Å². The van der Waals surface area contributed by atoms with Crippen molar-refractivity contribution in [2.75, 3.05) is 0 Å². The molecule has 2 aromatic carbocycles. The van der Waals surface area contributed by atoms with Gasteiger partial charge in [-0.1, -0.05) is 59.6 Å². The third-order valence-electron chi connectivity index (χ3n) is 5.38. The molecule has 0 N–H and O–H groups in total. The predicted molar refractivity (Wildman–Crippen MR) is 130 cm³/mol. The maximum atomic E-state index is 5.02. The van der Waals surface area contributed by atoms with Crippen molar-refractivity contribution in [1.82, 2.24) is 0 Å². The average molecular weight is 497 g/mol. The molecule has 0 saturated heterocycles. The van der Waals surface area contributed by atoms with Gasteiger partial charge in [0.2, 0.25) is 0 Å². The number of aryl methyl sites for hydroxylation is 4. The fraction of sp³-hybridized carbons (Fsp3) is 0.481. The molecular formula is C27H38N2Pd. The van der Waals surface area contributed by atoms with E-state index in [1.165, 1.54) is 35.1 Å². The maximum absolute atomic E-state index is 5.02. The van der Waals surface area contributed by atoms with Gasteiger partial charge in [-0.25, -0.2) is 0 Å². The summed E-state index contributed by atoms with van der Waals surface area (Å²) in [5, 5.41) is 0. The van der Waals surface area contributed by atoms with Crippen LogP contribution in [0.2, 0.25) is 0 Å². The van der Waals surface area contributed by atoms with E-state index in [9.17, 15) is 0 Å². The standard InChI is InChI=1S/C27H38N2.Pd/c1-6-11-12-13-25(29-27-18-23(9-4)15-24(10-5)19-27)20-28-26-16-21(7-2)14-22(8-3)17-26;/h14-20H,6-13H2,1-5H3;/b28-20+,29-25+;. The summed E-state index contributed by atoms with van der Waals surface area (Å²) in [6.07, 6.45) is 10.7. The maximum Gasteiger partial charge on any atom is 0.0639 e. The van der Waals surface area contributed by atoms with Crippen molar-refractivity contribution in [2.45, 2.75) is 86.0 Å². The first kappa shape index (κ1) is 26.5. The van der Waals surface area contributed by atoms with Crippen molar-refractivity contribution in [1.29, 1.82) is 0 Å². The molecule has 166 valence electrons. The Labute approximate surface area is 198 Å². The normalized spacial score (nSPS) is 11.7. The molecule has 0 radical (unpaired) electrons. The van der Waals surface area contributed by atoms with Crippen LogP contribution in [0, 0.1) is 0 Å². The van der Waals surface area contributed by atoms with Crippen molar-refractivity contribution in [3.8, 4) is 0 Å². The number of benzene rings is 2. The van der Waals surface area contributed by atoms with Gasteiger partial charge in [0.15, 0.2) is 0 Å². The molecule has 2 rings (SSSR count). The molecule has 0 atom stereocenters. The molecule has 0 aromatic heterocycles. The second kappa shape index (κ2) is 14.4. The topological polar surface area (TPSA) is 24.7 Å². The zero-order valence-corrected chi connectivity index (χ0v) is 21.0. The van der Waals surface area contributed by atoms with Crippen LogP contribution in [0.25, 0.3) is 0 Å². The molecule has 30 heavy (non-hydrogen) atoms. The molecule has 2 aromatic rings. The van der Waals surface area contributed by atoms with Gasteiger partial charge in [-0.3, -0.25) is 9.98 Å². The van der Waals surface area contributed by atoms with Crippen LogP contribution in [0.1, 0.15) is 82.6 Å². The number of hydrogen-bond donors (Lipinski definition) is 0. The van der Waals surface area contributed by atoms with E-state index < -0.39 is 0 Å². The van der Waals surface area contributed by atoms with Gasteiger partial charge >= 0.3 is 0 Å². The first-order valence-corrected chi connectivity index (χ1v) is 11.5. The minimum absolute atomic E-state index is 0. The largest absolute Gasteiger partial charge is 0.255 e. The first-order chi connectivity index (χ1) is 14.1. The molecule has 3 heteroatoms.